The average Bonchev–Trinajstić information content (AvgIpc) is 2.96. The van der Waals surface area contributed by atoms with Gasteiger partial charge in [-0.3, -0.25) is 0 Å². The van der Waals surface area contributed by atoms with Crippen molar-refractivity contribution in [2.45, 2.75) is 60.6 Å². The second-order valence-electron chi connectivity index (χ2n) is 2.97. The van der Waals surface area contributed by atoms with E-state index in [-0.39, 0.29) is 0 Å². The Balaban J connectivity index is -0.000000375. The van der Waals surface area contributed by atoms with Crippen LogP contribution in [0.3, 0.4) is 0 Å². The van der Waals surface area contributed by atoms with Crippen LogP contribution in [0.25, 0.3) is 0 Å². The van der Waals surface area contributed by atoms with Gasteiger partial charge in [-0.15, -0.1) is 0 Å². The van der Waals surface area contributed by atoms with E-state index in [2.05, 4.69) is 0 Å². The number of carbonyl (C=O) groups is 1. The number of hydrogen-bond acceptors (Lipinski definition) is 1. The molecule has 1 N–H and O–H groups in total. The molecule has 0 atom stereocenters. The Hall–Kier alpha value is -0.940. The zero-order valence-corrected chi connectivity index (χ0v) is 13.0. The average molecular weight is 286 g/mol. The second kappa shape index (κ2) is 15.1. The molecule has 1 fully saturated rings. The first-order valence-corrected chi connectivity index (χ1v) is 7.08. The van der Waals surface area contributed by atoms with E-state index in [4.69, 9.17) is 0 Å². The van der Waals surface area contributed by atoms with Gasteiger partial charge in [0.15, 0.2) is 0 Å². The molecule has 1 aliphatic rings. The minimum atomic E-state index is -4.32. The molecule has 0 aliphatic carbocycles. The maximum Gasteiger partial charge on any atom is 0.405 e. The van der Waals surface area contributed by atoms with Crippen LogP contribution in [0.5, 0.6) is 0 Å². The van der Waals surface area contributed by atoms with Crippen LogP contribution in [-0.2, 0) is 0 Å². The molecule has 0 unspecified atom stereocenters. The summed E-state index contributed by atoms with van der Waals surface area (Å²) >= 11 is 0. The van der Waals surface area contributed by atoms with Gasteiger partial charge >= 0.3 is 12.2 Å². The third kappa shape index (κ3) is 15.0. The fourth-order valence-corrected chi connectivity index (χ4v) is 1.21. The molecule has 19 heavy (non-hydrogen) atoms. The first-order chi connectivity index (χ1) is 8.99. The van der Waals surface area contributed by atoms with Crippen molar-refractivity contribution in [3.63, 3.8) is 0 Å². The molecule has 3 nitrogen and oxygen atoms in total. The van der Waals surface area contributed by atoms with Crippen molar-refractivity contribution in [2.24, 2.45) is 0 Å². The summed E-state index contributed by atoms with van der Waals surface area (Å²) in [6, 6.07) is -0.616. The van der Waals surface area contributed by atoms with E-state index in [1.807, 2.05) is 46.9 Å². The highest BCUT2D eigenvalue weighted by atomic mass is 19.4. The van der Waals surface area contributed by atoms with E-state index in [0.29, 0.717) is 13.1 Å². The number of alkyl halides is 3. The van der Waals surface area contributed by atoms with Gasteiger partial charge in [-0.05, 0) is 12.8 Å². The standard InChI is InChI=1S/C7H11F3N2O.3C2H6/c8-7(9,10)5-11-6(13)12-3-1-2-4-12;3*1-2/h1-5H2,(H,11,13);3*1-2H3. The van der Waals surface area contributed by atoms with Gasteiger partial charge in [0, 0.05) is 13.1 Å². The first-order valence-electron chi connectivity index (χ1n) is 7.08. The van der Waals surface area contributed by atoms with Crippen LogP contribution in [0.1, 0.15) is 54.4 Å². The van der Waals surface area contributed by atoms with Gasteiger partial charge in [0.25, 0.3) is 0 Å². The molecule has 0 aromatic heterocycles. The van der Waals surface area contributed by atoms with Crippen LogP contribution >= 0.6 is 0 Å². The maximum atomic E-state index is 11.7. The molecule has 0 aromatic rings. The van der Waals surface area contributed by atoms with E-state index in [1.165, 1.54) is 4.90 Å². The summed E-state index contributed by atoms with van der Waals surface area (Å²) in [7, 11) is 0. The van der Waals surface area contributed by atoms with Gasteiger partial charge in [0.05, 0.1) is 0 Å². The Morgan fingerprint density at radius 2 is 1.37 bits per heavy atom. The molecule has 0 saturated carbocycles. The van der Waals surface area contributed by atoms with Crippen molar-refractivity contribution in [2.75, 3.05) is 19.6 Å². The zero-order valence-electron chi connectivity index (χ0n) is 13.0. The third-order valence-electron chi connectivity index (χ3n) is 1.83. The Morgan fingerprint density at radius 3 is 1.68 bits per heavy atom. The van der Waals surface area contributed by atoms with E-state index in [0.717, 1.165) is 12.8 Å². The van der Waals surface area contributed by atoms with Crippen LogP contribution < -0.4 is 5.32 Å². The Bertz CT molecular complexity index is 191. The molecular weight excluding hydrogens is 257 g/mol. The van der Waals surface area contributed by atoms with Crippen LogP contribution in [0, 0.1) is 0 Å². The summed E-state index contributed by atoms with van der Waals surface area (Å²) in [6.45, 7) is 11.9. The van der Waals surface area contributed by atoms with Crippen molar-refractivity contribution in [1.82, 2.24) is 10.2 Å². The normalized spacial score (nSPS) is 13.0. The van der Waals surface area contributed by atoms with Crippen LogP contribution in [-0.4, -0.2) is 36.7 Å². The minimum Gasteiger partial charge on any atom is -0.329 e. The Kier molecular flexibility index (Phi) is 18.4. The highest BCUT2D eigenvalue weighted by Crippen LogP contribution is 2.13. The third-order valence-corrected chi connectivity index (χ3v) is 1.83. The number of likely N-dealkylation sites (tertiary alicyclic amines) is 1. The van der Waals surface area contributed by atoms with Crippen molar-refractivity contribution in [1.29, 1.82) is 0 Å². The molecule has 6 heteroatoms. The van der Waals surface area contributed by atoms with Crippen molar-refractivity contribution in [3.8, 4) is 0 Å². The van der Waals surface area contributed by atoms with Gasteiger partial charge < -0.3 is 10.2 Å². The quantitative estimate of drug-likeness (QED) is 0.759. The fourth-order valence-electron chi connectivity index (χ4n) is 1.21. The van der Waals surface area contributed by atoms with Crippen LogP contribution in [0.2, 0.25) is 0 Å². The van der Waals surface area contributed by atoms with Crippen LogP contribution in [0.15, 0.2) is 0 Å². The van der Waals surface area contributed by atoms with Crippen molar-refractivity contribution < 1.29 is 18.0 Å². The number of hydrogen-bond donors (Lipinski definition) is 1. The number of rotatable bonds is 1. The molecule has 1 aliphatic heterocycles. The molecule has 0 spiro atoms. The van der Waals surface area contributed by atoms with E-state index in [1.54, 1.807) is 0 Å². The molecule has 118 valence electrons. The van der Waals surface area contributed by atoms with Crippen LogP contribution in [0.4, 0.5) is 18.0 Å². The number of amides is 2. The Labute approximate surface area is 115 Å². The topological polar surface area (TPSA) is 32.3 Å². The summed E-state index contributed by atoms with van der Waals surface area (Å²) in [5.41, 5.74) is 0. The number of nitrogens with one attached hydrogen (secondary N) is 1. The monoisotopic (exact) mass is 286 g/mol. The lowest BCUT2D eigenvalue weighted by molar-refractivity contribution is -0.123. The fraction of sp³-hybridized carbons (Fsp3) is 0.923. The lowest BCUT2D eigenvalue weighted by atomic mass is 10.4. The van der Waals surface area contributed by atoms with Crippen molar-refractivity contribution in [3.05, 3.63) is 0 Å². The molecule has 2 amide bonds. The SMILES string of the molecule is CC.CC.CC.O=C(NCC(F)(F)F)N1CCCC1. The number of halogens is 3. The van der Waals surface area contributed by atoms with Gasteiger partial charge in [-0.25, -0.2) is 4.79 Å². The predicted octanol–water partition coefficient (Wildman–Crippen LogP) is 4.43. The summed E-state index contributed by atoms with van der Waals surface area (Å²) in [5.74, 6) is 0. The number of nitrogens with zero attached hydrogens (tertiary/aromatic N) is 1. The van der Waals surface area contributed by atoms with E-state index >= 15 is 0 Å². The number of urea groups is 1. The van der Waals surface area contributed by atoms with Gasteiger partial charge in [-0.1, -0.05) is 41.5 Å². The van der Waals surface area contributed by atoms with Crippen molar-refractivity contribution >= 4 is 6.03 Å². The summed E-state index contributed by atoms with van der Waals surface area (Å²) in [5, 5.41) is 1.83. The maximum absolute atomic E-state index is 11.7. The second-order valence-corrected chi connectivity index (χ2v) is 2.97. The molecule has 0 aromatic carbocycles. The summed E-state index contributed by atoms with van der Waals surface area (Å²) in [6.07, 6.45) is -2.58. The van der Waals surface area contributed by atoms with E-state index in [9.17, 15) is 18.0 Å². The Morgan fingerprint density at radius 1 is 1.00 bits per heavy atom. The highest BCUT2D eigenvalue weighted by Gasteiger charge is 2.29. The van der Waals surface area contributed by atoms with Gasteiger partial charge in [0.1, 0.15) is 6.54 Å². The lowest BCUT2D eigenvalue weighted by Gasteiger charge is -2.16. The minimum absolute atomic E-state index is 0.559. The largest absolute Gasteiger partial charge is 0.405 e. The van der Waals surface area contributed by atoms with E-state index < -0.39 is 18.8 Å². The van der Waals surface area contributed by atoms with Gasteiger partial charge in [-0.2, -0.15) is 13.2 Å². The zero-order chi connectivity index (χ0) is 15.9. The molecule has 1 saturated heterocycles. The first kappa shape index (κ1) is 23.2. The summed E-state index contributed by atoms with van der Waals surface area (Å²) < 4.78 is 35.0. The molecule has 1 rings (SSSR count). The molecule has 0 bridgehead atoms. The molecular formula is C13H29F3N2O. The summed E-state index contributed by atoms with van der Waals surface area (Å²) in [4.78, 5) is 12.4. The molecule has 0 radical (unpaired) electrons. The molecule has 1 heterocycles. The number of carbonyl (C=O) groups excluding carboxylic acids is 1. The lowest BCUT2D eigenvalue weighted by Crippen LogP contribution is -2.42. The van der Waals surface area contributed by atoms with Gasteiger partial charge in [0.2, 0.25) is 0 Å². The smallest absolute Gasteiger partial charge is 0.329 e. The highest BCUT2D eigenvalue weighted by molar-refractivity contribution is 5.74. The predicted molar refractivity (Wildman–Crippen MR) is 74.3 cm³/mol.